The van der Waals surface area contributed by atoms with Crippen LogP contribution in [0, 0.1) is 12.8 Å². The van der Waals surface area contributed by atoms with Crippen LogP contribution in [0.3, 0.4) is 0 Å². The van der Waals surface area contributed by atoms with Gasteiger partial charge in [-0.05, 0) is 56.0 Å². The van der Waals surface area contributed by atoms with Crippen LogP contribution in [0.15, 0.2) is 36.4 Å². The van der Waals surface area contributed by atoms with Gasteiger partial charge >= 0.3 is 0 Å². The molecule has 1 aliphatic carbocycles. The van der Waals surface area contributed by atoms with E-state index in [1.165, 1.54) is 0 Å². The topological polar surface area (TPSA) is 80.3 Å². The van der Waals surface area contributed by atoms with Crippen LogP contribution in [-0.4, -0.2) is 55.9 Å². The van der Waals surface area contributed by atoms with Gasteiger partial charge in [0.25, 0.3) is 0 Å². The zero-order valence-electron chi connectivity index (χ0n) is 20.6. The first-order valence-electron chi connectivity index (χ1n) is 12.0. The van der Waals surface area contributed by atoms with Gasteiger partial charge in [0.15, 0.2) is 11.5 Å². The van der Waals surface area contributed by atoms with E-state index in [9.17, 15) is 9.90 Å². The molecule has 0 radical (unpaired) electrons. The number of ether oxygens (including phenoxy) is 3. The summed E-state index contributed by atoms with van der Waals surface area (Å²) in [6.07, 6.45) is 4.46. The summed E-state index contributed by atoms with van der Waals surface area (Å²) < 4.78 is 16.7. The predicted molar refractivity (Wildman–Crippen MR) is 132 cm³/mol. The third-order valence-electron chi connectivity index (χ3n) is 7.38. The number of amides is 1. The first-order chi connectivity index (χ1) is 16.4. The Labute approximate surface area is 202 Å². The highest BCUT2D eigenvalue weighted by atomic mass is 16.5. The summed E-state index contributed by atoms with van der Waals surface area (Å²) in [6.45, 7) is 2.89. The van der Waals surface area contributed by atoms with Crippen LogP contribution in [-0.2, 0) is 4.79 Å². The molecule has 0 unspecified atom stereocenters. The zero-order valence-corrected chi connectivity index (χ0v) is 20.6. The molecule has 7 heteroatoms. The fourth-order valence-electron chi connectivity index (χ4n) is 5.66. The lowest BCUT2D eigenvalue weighted by atomic mass is 9.66. The Morgan fingerprint density at radius 1 is 1.06 bits per heavy atom. The molecule has 2 aromatic carbocycles. The second-order valence-corrected chi connectivity index (χ2v) is 9.49. The number of nitrogens with one attached hydrogen (secondary N) is 1. The van der Waals surface area contributed by atoms with Crippen molar-refractivity contribution in [2.24, 2.45) is 5.92 Å². The molecule has 34 heavy (non-hydrogen) atoms. The molecule has 1 heterocycles. The van der Waals surface area contributed by atoms with Crippen LogP contribution in [0.4, 0.5) is 5.69 Å². The molecular weight excluding hydrogens is 432 g/mol. The van der Waals surface area contributed by atoms with E-state index >= 15 is 0 Å². The third-order valence-corrected chi connectivity index (χ3v) is 7.38. The number of nitrogens with zero attached hydrogens (tertiary/aromatic N) is 1. The van der Waals surface area contributed by atoms with Crippen molar-refractivity contribution in [2.45, 2.75) is 50.7 Å². The van der Waals surface area contributed by atoms with Crippen LogP contribution < -0.4 is 19.5 Å². The molecule has 3 atom stereocenters. The van der Waals surface area contributed by atoms with Crippen LogP contribution in [0.1, 0.15) is 49.3 Å². The highest BCUT2D eigenvalue weighted by molar-refractivity contribution is 5.92. The summed E-state index contributed by atoms with van der Waals surface area (Å²) in [5.41, 5.74) is 2.16. The highest BCUT2D eigenvalue weighted by Gasteiger charge is 2.49. The number of aryl methyl sites for hydroxylation is 1. The molecule has 1 amide bonds. The molecule has 1 saturated heterocycles. The Morgan fingerprint density at radius 2 is 1.74 bits per heavy atom. The van der Waals surface area contributed by atoms with E-state index in [-0.39, 0.29) is 24.4 Å². The van der Waals surface area contributed by atoms with Gasteiger partial charge in [0, 0.05) is 24.2 Å². The second kappa shape index (κ2) is 10.2. The van der Waals surface area contributed by atoms with Crippen molar-refractivity contribution in [3.63, 3.8) is 0 Å². The molecule has 2 N–H and O–H groups in total. The average Bonchev–Trinajstić information content (AvgIpc) is 2.84. The number of hydrogen-bond donors (Lipinski definition) is 2. The zero-order chi connectivity index (χ0) is 24.3. The van der Waals surface area contributed by atoms with E-state index in [2.05, 4.69) is 10.2 Å². The molecule has 1 saturated carbocycles. The molecule has 4 rings (SSSR count). The van der Waals surface area contributed by atoms with Crippen LogP contribution in [0.5, 0.6) is 17.2 Å². The maximum atomic E-state index is 13.0. The lowest BCUT2D eigenvalue weighted by Crippen LogP contribution is -2.56. The van der Waals surface area contributed by atoms with Gasteiger partial charge < -0.3 is 24.6 Å². The molecule has 1 aliphatic heterocycles. The highest BCUT2D eigenvalue weighted by Crippen LogP contribution is 2.51. The minimum absolute atomic E-state index is 0.0185. The number of aliphatic hydroxyl groups is 1. The Morgan fingerprint density at radius 3 is 2.35 bits per heavy atom. The first kappa shape index (κ1) is 24.4. The number of piperidine rings is 1. The molecule has 2 fully saturated rings. The average molecular weight is 469 g/mol. The minimum Gasteiger partial charge on any atom is -0.493 e. The summed E-state index contributed by atoms with van der Waals surface area (Å²) in [5, 5.41) is 14.6. The summed E-state index contributed by atoms with van der Waals surface area (Å²) >= 11 is 0. The van der Waals surface area contributed by atoms with Gasteiger partial charge in [-0.15, -0.1) is 0 Å². The van der Waals surface area contributed by atoms with Crippen molar-refractivity contribution < 1.29 is 24.1 Å². The van der Waals surface area contributed by atoms with Crippen LogP contribution in [0.2, 0.25) is 0 Å². The van der Waals surface area contributed by atoms with Gasteiger partial charge in [0.2, 0.25) is 11.7 Å². The first-order valence-corrected chi connectivity index (χ1v) is 12.0. The van der Waals surface area contributed by atoms with Crippen LogP contribution in [0.25, 0.3) is 0 Å². The summed E-state index contributed by atoms with van der Waals surface area (Å²) in [6, 6.07) is 11.6. The molecule has 184 valence electrons. The quantitative estimate of drug-likeness (QED) is 0.630. The van der Waals surface area contributed by atoms with Crippen molar-refractivity contribution in [1.29, 1.82) is 0 Å². The van der Waals surface area contributed by atoms with Crippen LogP contribution >= 0.6 is 0 Å². The molecule has 2 aliphatic rings. The van der Waals surface area contributed by atoms with E-state index in [0.717, 1.165) is 42.5 Å². The SMILES string of the molecule is COc1cc([C@@H]2[C@@H]3CCCC[C@]3(O)CCN2CC(=O)Nc2ccc(C)cc2)cc(OC)c1OC. The molecule has 2 aromatic rings. The fraction of sp³-hybridized carbons (Fsp3) is 0.519. The van der Waals surface area contributed by atoms with Crippen molar-refractivity contribution >= 4 is 11.6 Å². The van der Waals surface area contributed by atoms with E-state index in [4.69, 9.17) is 14.2 Å². The Kier molecular flexibility index (Phi) is 7.33. The normalized spacial score (nSPS) is 24.7. The lowest BCUT2D eigenvalue weighted by molar-refractivity contribution is -0.135. The maximum Gasteiger partial charge on any atom is 0.238 e. The van der Waals surface area contributed by atoms with Gasteiger partial charge in [0.05, 0.1) is 33.5 Å². The van der Waals surface area contributed by atoms with Crippen molar-refractivity contribution in [2.75, 3.05) is 39.7 Å². The molecular formula is C27H36N2O5. The van der Waals surface area contributed by atoms with Gasteiger partial charge in [-0.3, -0.25) is 9.69 Å². The van der Waals surface area contributed by atoms with E-state index in [0.29, 0.717) is 30.2 Å². The summed E-state index contributed by atoms with van der Waals surface area (Å²) in [7, 11) is 4.79. The number of carbonyl (C=O) groups excluding carboxylic acids is 1. The Hall–Kier alpha value is -2.77. The van der Waals surface area contributed by atoms with Gasteiger partial charge in [-0.25, -0.2) is 0 Å². The summed E-state index contributed by atoms with van der Waals surface area (Å²) in [4.78, 5) is 15.2. The third kappa shape index (κ3) is 4.86. The van der Waals surface area contributed by atoms with E-state index in [1.54, 1.807) is 21.3 Å². The van der Waals surface area contributed by atoms with Gasteiger partial charge in [-0.2, -0.15) is 0 Å². The smallest absolute Gasteiger partial charge is 0.238 e. The number of rotatable bonds is 7. The maximum absolute atomic E-state index is 13.0. The Bertz CT molecular complexity index is 984. The summed E-state index contributed by atoms with van der Waals surface area (Å²) in [5.74, 6) is 1.64. The molecule has 7 nitrogen and oxygen atoms in total. The fourth-order valence-corrected chi connectivity index (χ4v) is 5.66. The number of anilines is 1. The van der Waals surface area contributed by atoms with E-state index in [1.807, 2.05) is 43.3 Å². The second-order valence-electron chi connectivity index (χ2n) is 9.49. The number of methoxy groups -OCH3 is 3. The number of fused-ring (bicyclic) bond motifs is 1. The number of likely N-dealkylation sites (tertiary alicyclic amines) is 1. The largest absolute Gasteiger partial charge is 0.493 e. The minimum atomic E-state index is -0.729. The standard InChI is InChI=1S/C27H36N2O5/c1-18-8-10-20(11-9-18)28-24(30)17-29-14-13-27(31)12-6-5-7-21(27)25(29)19-15-22(32-2)26(34-4)23(16-19)33-3/h8-11,15-16,21,25,31H,5-7,12-14,17H2,1-4H3,(H,28,30)/t21-,25+,27-/m0/s1. The van der Waals surface area contributed by atoms with Gasteiger partial charge in [-0.1, -0.05) is 30.5 Å². The molecule has 0 bridgehead atoms. The molecule has 0 spiro atoms. The van der Waals surface area contributed by atoms with Crippen molar-refractivity contribution in [1.82, 2.24) is 4.90 Å². The van der Waals surface area contributed by atoms with Gasteiger partial charge in [0.1, 0.15) is 0 Å². The van der Waals surface area contributed by atoms with Crippen molar-refractivity contribution in [3.05, 3.63) is 47.5 Å². The van der Waals surface area contributed by atoms with Crippen molar-refractivity contribution in [3.8, 4) is 17.2 Å². The lowest BCUT2D eigenvalue weighted by Gasteiger charge is -2.52. The Balaban J connectivity index is 1.67. The number of benzene rings is 2. The molecule has 0 aromatic heterocycles. The monoisotopic (exact) mass is 468 g/mol. The number of carbonyl (C=O) groups is 1. The number of hydrogen-bond acceptors (Lipinski definition) is 6. The predicted octanol–water partition coefficient (Wildman–Crippen LogP) is 4.33. The van der Waals surface area contributed by atoms with E-state index < -0.39 is 5.60 Å².